The van der Waals surface area contributed by atoms with Gasteiger partial charge in [0.05, 0.1) is 36.8 Å². The number of nitrogens with zero attached hydrogens (tertiary/aromatic N) is 4. The molecule has 82 valence electrons. The van der Waals surface area contributed by atoms with Crippen LogP contribution in [0.3, 0.4) is 0 Å². The Kier molecular flexibility index (Phi) is 1.89. The van der Waals surface area contributed by atoms with Crippen molar-refractivity contribution in [2.24, 2.45) is 10.6 Å². The molecule has 0 radical (unpaired) electrons. The number of nitroso groups, excluding NO2 is 2. The quantitative estimate of drug-likeness (QED) is 0.708. The summed E-state index contributed by atoms with van der Waals surface area (Å²) in [4.78, 5) is 20.9. The van der Waals surface area contributed by atoms with Crippen LogP contribution in [-0.4, -0.2) is 10.0 Å². The van der Waals surface area contributed by atoms with Gasteiger partial charge in [-0.3, -0.25) is 10.0 Å². The van der Waals surface area contributed by atoms with E-state index in [1.54, 1.807) is 0 Å². The molecule has 3 rings (SSSR count). The highest BCUT2D eigenvalue weighted by Gasteiger charge is 2.25. The van der Waals surface area contributed by atoms with Gasteiger partial charge in [-0.15, -0.1) is 9.81 Å². The molecule has 0 amide bonds. The highest BCUT2D eigenvalue weighted by atomic mass is 16.3. The van der Waals surface area contributed by atoms with Crippen molar-refractivity contribution >= 4 is 0 Å². The zero-order valence-corrected chi connectivity index (χ0v) is 8.59. The summed E-state index contributed by atoms with van der Waals surface area (Å²) in [6.45, 7) is 2.28. The molecule has 0 saturated carbocycles. The van der Waals surface area contributed by atoms with Gasteiger partial charge in [-0.2, -0.15) is 0 Å². The average molecular weight is 218 g/mol. The number of benzene rings is 1. The first-order valence-corrected chi connectivity index (χ1v) is 5.10. The summed E-state index contributed by atoms with van der Waals surface area (Å²) in [7, 11) is 0. The Morgan fingerprint density at radius 1 is 0.750 bits per heavy atom. The topological polar surface area (TPSA) is 65.3 Å². The van der Waals surface area contributed by atoms with E-state index in [4.69, 9.17) is 0 Å². The Bertz CT molecular complexity index is 400. The number of hydrogen-bond acceptors (Lipinski definition) is 4. The molecule has 1 aromatic carbocycles. The SMILES string of the molecule is O=NN1Cc2cc3c(cc2C1)CN(N=O)C3. The number of rotatable bonds is 2. The number of hydrogen-bond donors (Lipinski definition) is 0. The van der Waals surface area contributed by atoms with E-state index in [1.165, 1.54) is 10.0 Å². The van der Waals surface area contributed by atoms with Crippen LogP contribution in [-0.2, 0) is 26.2 Å². The lowest BCUT2D eigenvalue weighted by Gasteiger charge is -2.03. The minimum Gasteiger partial charge on any atom is -0.252 e. The van der Waals surface area contributed by atoms with Crippen LogP contribution in [0.1, 0.15) is 22.3 Å². The van der Waals surface area contributed by atoms with Crippen molar-refractivity contribution in [1.82, 2.24) is 10.0 Å². The third-order valence-corrected chi connectivity index (χ3v) is 3.16. The average Bonchev–Trinajstić information content (AvgIpc) is 2.86. The molecule has 0 bridgehead atoms. The van der Waals surface area contributed by atoms with E-state index in [2.05, 4.69) is 22.7 Å². The maximum Gasteiger partial charge on any atom is 0.0650 e. The fourth-order valence-electron chi connectivity index (χ4n) is 2.39. The molecule has 0 saturated heterocycles. The van der Waals surface area contributed by atoms with E-state index in [9.17, 15) is 9.81 Å². The Hall–Kier alpha value is -1.98. The molecule has 0 aliphatic carbocycles. The maximum atomic E-state index is 10.4. The van der Waals surface area contributed by atoms with Gasteiger partial charge in [-0.1, -0.05) is 12.1 Å². The smallest absolute Gasteiger partial charge is 0.0650 e. The van der Waals surface area contributed by atoms with Gasteiger partial charge in [0.15, 0.2) is 0 Å². The van der Waals surface area contributed by atoms with Crippen LogP contribution in [0.25, 0.3) is 0 Å². The van der Waals surface area contributed by atoms with Gasteiger partial charge in [0.2, 0.25) is 0 Å². The lowest BCUT2D eigenvalue weighted by atomic mass is 10.0. The van der Waals surface area contributed by atoms with E-state index in [-0.39, 0.29) is 0 Å². The van der Waals surface area contributed by atoms with Crippen molar-refractivity contribution in [2.75, 3.05) is 0 Å². The van der Waals surface area contributed by atoms with Crippen molar-refractivity contribution in [3.05, 3.63) is 44.2 Å². The highest BCUT2D eigenvalue weighted by Crippen LogP contribution is 2.31. The predicted molar refractivity (Wildman–Crippen MR) is 56.5 cm³/mol. The minimum atomic E-state index is 0.570. The maximum absolute atomic E-state index is 10.4. The molecule has 6 nitrogen and oxygen atoms in total. The van der Waals surface area contributed by atoms with Crippen LogP contribution in [0.4, 0.5) is 0 Å². The monoisotopic (exact) mass is 218 g/mol. The standard InChI is InChI=1S/C10H10N4O2/c15-11-13-3-7-1-8-4-14(12-16)6-10(8)2-9(7)5-13/h1-2H,3-6H2. The van der Waals surface area contributed by atoms with Crippen LogP contribution in [0, 0.1) is 9.81 Å². The molecule has 0 aromatic heterocycles. The van der Waals surface area contributed by atoms with E-state index < -0.39 is 0 Å². The molecular formula is C10H10N4O2. The van der Waals surface area contributed by atoms with Gasteiger partial charge in [-0.25, -0.2) is 0 Å². The number of fused-ring (bicyclic) bond motifs is 2. The second-order valence-corrected chi connectivity index (χ2v) is 4.20. The van der Waals surface area contributed by atoms with Crippen molar-refractivity contribution in [1.29, 1.82) is 0 Å². The first-order valence-electron chi connectivity index (χ1n) is 5.10. The largest absolute Gasteiger partial charge is 0.252 e. The van der Waals surface area contributed by atoms with Gasteiger partial charge < -0.3 is 0 Å². The van der Waals surface area contributed by atoms with E-state index >= 15 is 0 Å². The molecule has 2 aliphatic heterocycles. The van der Waals surface area contributed by atoms with E-state index in [1.807, 2.05) is 0 Å². The van der Waals surface area contributed by atoms with Crippen LogP contribution in [0.2, 0.25) is 0 Å². The molecule has 2 heterocycles. The highest BCUT2D eigenvalue weighted by molar-refractivity contribution is 5.42. The Morgan fingerprint density at radius 2 is 1.06 bits per heavy atom. The zero-order chi connectivity index (χ0) is 11.1. The Morgan fingerprint density at radius 3 is 1.31 bits per heavy atom. The van der Waals surface area contributed by atoms with Gasteiger partial charge in [0, 0.05) is 0 Å². The summed E-state index contributed by atoms with van der Waals surface area (Å²) in [6.07, 6.45) is 0. The van der Waals surface area contributed by atoms with Crippen LogP contribution < -0.4 is 0 Å². The van der Waals surface area contributed by atoms with Crippen LogP contribution >= 0.6 is 0 Å². The molecule has 2 aliphatic rings. The summed E-state index contributed by atoms with van der Waals surface area (Å²) in [5.74, 6) is 0. The summed E-state index contributed by atoms with van der Waals surface area (Å²) < 4.78 is 0. The summed E-state index contributed by atoms with van der Waals surface area (Å²) in [5, 5.41) is 8.87. The summed E-state index contributed by atoms with van der Waals surface area (Å²) >= 11 is 0. The second-order valence-electron chi connectivity index (χ2n) is 4.20. The first kappa shape index (κ1) is 9.26. The second kappa shape index (κ2) is 3.26. The molecule has 0 atom stereocenters. The molecule has 0 fully saturated rings. The molecule has 0 N–H and O–H groups in total. The fraction of sp³-hybridized carbons (Fsp3) is 0.400. The van der Waals surface area contributed by atoms with Gasteiger partial charge in [0.25, 0.3) is 0 Å². The lowest BCUT2D eigenvalue weighted by Crippen LogP contribution is -2.06. The van der Waals surface area contributed by atoms with Crippen molar-refractivity contribution in [3.8, 4) is 0 Å². The van der Waals surface area contributed by atoms with Crippen molar-refractivity contribution in [3.63, 3.8) is 0 Å². The van der Waals surface area contributed by atoms with Crippen LogP contribution in [0.15, 0.2) is 22.7 Å². The lowest BCUT2D eigenvalue weighted by molar-refractivity contribution is 0.292. The van der Waals surface area contributed by atoms with Gasteiger partial charge in [0.1, 0.15) is 0 Å². The van der Waals surface area contributed by atoms with Crippen LogP contribution in [0.5, 0.6) is 0 Å². The van der Waals surface area contributed by atoms with Crippen molar-refractivity contribution in [2.45, 2.75) is 26.2 Å². The molecule has 16 heavy (non-hydrogen) atoms. The van der Waals surface area contributed by atoms with E-state index in [0.29, 0.717) is 26.2 Å². The van der Waals surface area contributed by atoms with Gasteiger partial charge in [-0.05, 0) is 22.3 Å². The summed E-state index contributed by atoms with van der Waals surface area (Å²) in [5.41, 5.74) is 4.52. The third kappa shape index (κ3) is 1.26. The zero-order valence-electron chi connectivity index (χ0n) is 8.59. The van der Waals surface area contributed by atoms with Crippen molar-refractivity contribution < 1.29 is 0 Å². The van der Waals surface area contributed by atoms with Gasteiger partial charge >= 0.3 is 0 Å². The molecule has 0 unspecified atom stereocenters. The molecular weight excluding hydrogens is 208 g/mol. The van der Waals surface area contributed by atoms with E-state index in [0.717, 1.165) is 22.3 Å². The molecule has 0 spiro atoms. The fourth-order valence-corrected chi connectivity index (χ4v) is 2.39. The minimum absolute atomic E-state index is 0.570. The Balaban J connectivity index is 1.95. The summed E-state index contributed by atoms with van der Waals surface area (Å²) in [6, 6.07) is 4.11. The predicted octanol–water partition coefficient (Wildman–Crippen LogP) is 1.68. The normalized spacial score (nSPS) is 17.2. The molecule has 1 aromatic rings. The molecule has 6 heteroatoms. The third-order valence-electron chi connectivity index (χ3n) is 3.16. The first-order chi connectivity index (χ1) is 7.80. The Labute approximate surface area is 91.7 Å².